The van der Waals surface area contributed by atoms with Crippen molar-refractivity contribution in [1.29, 1.82) is 0 Å². The topological polar surface area (TPSA) is 67.2 Å². The van der Waals surface area contributed by atoms with Crippen molar-refractivity contribution in [3.63, 3.8) is 0 Å². The Morgan fingerprint density at radius 2 is 2.14 bits per heavy atom. The normalized spacial score (nSPS) is 11.1. The number of nitrogens with zero attached hydrogens (tertiary/aromatic N) is 2. The Morgan fingerprint density at radius 1 is 1.48 bits per heavy atom. The Balaban J connectivity index is 2.52. The van der Waals surface area contributed by atoms with Gasteiger partial charge in [-0.1, -0.05) is 37.6 Å². The van der Waals surface area contributed by atoms with Crippen LogP contribution in [0.2, 0.25) is 5.02 Å². The molecule has 0 radical (unpaired) electrons. The number of aromatic nitrogens is 2. The molecule has 1 aromatic heterocycles. The lowest BCUT2D eigenvalue weighted by atomic mass is 10.2. The van der Waals surface area contributed by atoms with Crippen LogP contribution >= 0.6 is 27.5 Å². The first kappa shape index (κ1) is 16.0. The smallest absolute Gasteiger partial charge is 0.356 e. The monoisotopic (exact) mass is 371 g/mol. The summed E-state index contributed by atoms with van der Waals surface area (Å²) in [5, 5.41) is 17.2. The first-order valence-corrected chi connectivity index (χ1v) is 7.58. The van der Waals surface area contributed by atoms with Crippen LogP contribution in [0.25, 0.3) is 5.69 Å². The molecule has 0 aliphatic rings. The summed E-state index contributed by atoms with van der Waals surface area (Å²) >= 11 is 9.58. The molecule has 0 fully saturated rings. The first-order chi connectivity index (χ1) is 9.91. The van der Waals surface area contributed by atoms with E-state index < -0.39 is 5.97 Å². The molecule has 0 bridgehead atoms. The van der Waals surface area contributed by atoms with E-state index in [2.05, 4.69) is 26.3 Å². The van der Waals surface area contributed by atoms with Crippen LogP contribution in [0.4, 0.5) is 0 Å². The third kappa shape index (κ3) is 3.45. The molecule has 1 heterocycles. The van der Waals surface area contributed by atoms with Crippen LogP contribution in [0.15, 0.2) is 28.9 Å². The molecule has 21 heavy (non-hydrogen) atoms. The summed E-state index contributed by atoms with van der Waals surface area (Å²) in [5.74, 6) is -1.07. The highest BCUT2D eigenvalue weighted by Gasteiger charge is 2.22. The molecular formula is C14H15BrClN3O2. The molecule has 2 N–H and O–H groups in total. The molecule has 2 rings (SSSR count). The molecule has 1 aromatic carbocycles. The van der Waals surface area contributed by atoms with Crippen LogP contribution in [0, 0.1) is 0 Å². The Hall–Kier alpha value is -1.37. The van der Waals surface area contributed by atoms with Crippen molar-refractivity contribution in [1.82, 2.24) is 15.1 Å². The maximum absolute atomic E-state index is 11.4. The van der Waals surface area contributed by atoms with Crippen molar-refractivity contribution in [3.8, 4) is 5.69 Å². The number of benzene rings is 1. The Bertz CT molecular complexity index is 670. The summed E-state index contributed by atoms with van der Waals surface area (Å²) in [4.78, 5) is 11.4. The average Bonchev–Trinajstić information content (AvgIpc) is 2.74. The van der Waals surface area contributed by atoms with Gasteiger partial charge in [-0.2, -0.15) is 5.10 Å². The summed E-state index contributed by atoms with van der Waals surface area (Å²) in [6.07, 6.45) is 0. The fourth-order valence-corrected chi connectivity index (χ4v) is 2.66. The largest absolute Gasteiger partial charge is 0.476 e. The van der Waals surface area contributed by atoms with E-state index in [1.807, 2.05) is 26.0 Å². The lowest BCUT2D eigenvalue weighted by Crippen LogP contribution is -2.23. The van der Waals surface area contributed by atoms with Gasteiger partial charge in [-0.05, 0) is 28.1 Å². The lowest BCUT2D eigenvalue weighted by molar-refractivity contribution is 0.0688. The van der Waals surface area contributed by atoms with E-state index in [4.69, 9.17) is 11.6 Å². The van der Waals surface area contributed by atoms with Crippen LogP contribution in [0.1, 0.15) is 29.9 Å². The van der Waals surface area contributed by atoms with Gasteiger partial charge in [0.25, 0.3) is 0 Å². The van der Waals surface area contributed by atoms with Crippen LogP contribution < -0.4 is 5.32 Å². The van der Waals surface area contributed by atoms with Gasteiger partial charge in [0.1, 0.15) is 4.60 Å². The second kappa shape index (κ2) is 6.60. The number of para-hydroxylation sites is 1. The SMILES string of the molecule is CC(C)NCc1c(C(=O)O)nn(-c2ccccc2Cl)c1Br. The molecule has 0 unspecified atom stereocenters. The molecule has 5 nitrogen and oxygen atoms in total. The van der Waals surface area contributed by atoms with Crippen LogP contribution in [-0.2, 0) is 6.54 Å². The molecule has 0 amide bonds. The maximum Gasteiger partial charge on any atom is 0.356 e. The molecule has 0 saturated carbocycles. The highest BCUT2D eigenvalue weighted by molar-refractivity contribution is 9.10. The summed E-state index contributed by atoms with van der Waals surface area (Å²) in [6, 6.07) is 7.38. The average molecular weight is 373 g/mol. The quantitative estimate of drug-likeness (QED) is 0.843. The first-order valence-electron chi connectivity index (χ1n) is 6.40. The molecule has 2 aromatic rings. The second-order valence-electron chi connectivity index (χ2n) is 4.82. The van der Waals surface area contributed by atoms with Crippen molar-refractivity contribution in [3.05, 3.63) is 45.1 Å². The molecule has 7 heteroatoms. The van der Waals surface area contributed by atoms with Gasteiger partial charge in [-0.25, -0.2) is 9.48 Å². The molecule has 0 atom stereocenters. The van der Waals surface area contributed by atoms with Gasteiger partial charge < -0.3 is 10.4 Å². The minimum absolute atomic E-state index is 0.00921. The fourth-order valence-electron chi connectivity index (χ4n) is 1.85. The van der Waals surface area contributed by atoms with Gasteiger partial charge in [0.05, 0.1) is 10.7 Å². The number of carbonyl (C=O) groups is 1. The summed E-state index contributed by atoms with van der Waals surface area (Å²) < 4.78 is 2.09. The summed E-state index contributed by atoms with van der Waals surface area (Å²) in [6.45, 7) is 4.39. The highest BCUT2D eigenvalue weighted by atomic mass is 79.9. The predicted molar refractivity (Wildman–Crippen MR) is 85.2 cm³/mol. The van der Waals surface area contributed by atoms with Crippen molar-refractivity contribution in [2.75, 3.05) is 0 Å². The molecule has 0 saturated heterocycles. The predicted octanol–water partition coefficient (Wildman–Crippen LogP) is 3.48. The minimum atomic E-state index is -1.07. The number of hydrogen-bond donors (Lipinski definition) is 2. The number of carboxylic acids is 1. The Kier molecular flexibility index (Phi) is 5.03. The summed E-state index contributed by atoms with van der Waals surface area (Å²) in [7, 11) is 0. The van der Waals surface area contributed by atoms with Gasteiger partial charge in [-0.15, -0.1) is 0 Å². The van der Waals surface area contributed by atoms with Gasteiger partial charge >= 0.3 is 5.97 Å². The minimum Gasteiger partial charge on any atom is -0.476 e. The van der Waals surface area contributed by atoms with Gasteiger partial charge in [0.15, 0.2) is 5.69 Å². The van der Waals surface area contributed by atoms with E-state index in [1.54, 1.807) is 12.1 Å². The Labute approximate surface area is 136 Å². The highest BCUT2D eigenvalue weighted by Crippen LogP contribution is 2.28. The van der Waals surface area contributed by atoms with Crippen molar-refractivity contribution in [2.24, 2.45) is 0 Å². The van der Waals surface area contributed by atoms with Crippen molar-refractivity contribution >= 4 is 33.5 Å². The van der Waals surface area contributed by atoms with Crippen molar-refractivity contribution in [2.45, 2.75) is 26.4 Å². The van der Waals surface area contributed by atoms with E-state index in [1.165, 1.54) is 4.68 Å². The number of hydrogen-bond acceptors (Lipinski definition) is 3. The van der Waals surface area contributed by atoms with Crippen LogP contribution in [-0.4, -0.2) is 26.9 Å². The maximum atomic E-state index is 11.4. The van der Waals surface area contributed by atoms with E-state index >= 15 is 0 Å². The number of aromatic carboxylic acids is 1. The molecule has 0 aliphatic heterocycles. The van der Waals surface area contributed by atoms with E-state index in [0.717, 1.165) is 0 Å². The van der Waals surface area contributed by atoms with Crippen molar-refractivity contribution < 1.29 is 9.90 Å². The molecule has 0 spiro atoms. The number of halogens is 2. The van der Waals surface area contributed by atoms with Gasteiger partial charge in [0.2, 0.25) is 0 Å². The standard InChI is InChI=1S/C14H15BrClN3O2/c1-8(2)17-7-9-12(14(20)21)18-19(13(9)15)11-6-4-3-5-10(11)16/h3-6,8,17H,7H2,1-2H3,(H,20,21). The Morgan fingerprint density at radius 3 is 2.71 bits per heavy atom. The summed E-state index contributed by atoms with van der Waals surface area (Å²) in [5.41, 5.74) is 1.23. The zero-order chi connectivity index (χ0) is 15.6. The number of rotatable bonds is 5. The third-order valence-electron chi connectivity index (χ3n) is 2.89. The van der Waals surface area contributed by atoms with E-state index in [0.29, 0.717) is 27.4 Å². The number of nitrogens with one attached hydrogen (secondary N) is 1. The fraction of sp³-hybridized carbons (Fsp3) is 0.286. The second-order valence-corrected chi connectivity index (χ2v) is 5.98. The van der Waals surface area contributed by atoms with Gasteiger partial charge in [0, 0.05) is 18.2 Å². The molecule has 0 aliphatic carbocycles. The number of carboxylic acid groups (broad SMARTS) is 1. The van der Waals surface area contributed by atoms with Crippen LogP contribution in [0.3, 0.4) is 0 Å². The van der Waals surface area contributed by atoms with Crippen LogP contribution in [0.5, 0.6) is 0 Å². The zero-order valence-corrected chi connectivity index (χ0v) is 13.9. The van der Waals surface area contributed by atoms with Gasteiger partial charge in [-0.3, -0.25) is 0 Å². The van der Waals surface area contributed by atoms with E-state index in [9.17, 15) is 9.90 Å². The lowest BCUT2D eigenvalue weighted by Gasteiger charge is -2.08. The van der Waals surface area contributed by atoms with E-state index in [-0.39, 0.29) is 11.7 Å². The third-order valence-corrected chi connectivity index (χ3v) is 4.03. The zero-order valence-electron chi connectivity index (χ0n) is 11.6. The molecular weight excluding hydrogens is 358 g/mol. The molecule has 112 valence electrons.